The van der Waals surface area contributed by atoms with Crippen LogP contribution in [0.3, 0.4) is 0 Å². The van der Waals surface area contributed by atoms with Crippen LogP contribution in [0.2, 0.25) is 0 Å². The summed E-state index contributed by atoms with van der Waals surface area (Å²) in [5.41, 5.74) is 1.55. The van der Waals surface area contributed by atoms with E-state index < -0.39 is 17.8 Å². The Bertz CT molecular complexity index is 952. The zero-order chi connectivity index (χ0) is 20.9. The smallest absolute Gasteiger partial charge is 0.394 e. The van der Waals surface area contributed by atoms with E-state index in [0.717, 1.165) is 34.4 Å². The van der Waals surface area contributed by atoms with Crippen molar-refractivity contribution in [2.45, 2.75) is 23.7 Å². The Morgan fingerprint density at radius 1 is 1.03 bits per heavy atom. The molecule has 0 radical (unpaired) electrons. The van der Waals surface area contributed by atoms with E-state index in [1.54, 1.807) is 0 Å². The molecule has 2 aromatic carbocycles. The third-order valence-electron chi connectivity index (χ3n) is 4.14. The molecule has 1 atom stereocenters. The zero-order valence-electron chi connectivity index (χ0n) is 15.3. The van der Waals surface area contributed by atoms with E-state index >= 15 is 0 Å². The number of pyridine rings is 1. The van der Waals surface area contributed by atoms with Gasteiger partial charge in [-0.2, -0.15) is 13.2 Å². The van der Waals surface area contributed by atoms with Gasteiger partial charge in [-0.3, -0.25) is 0 Å². The summed E-state index contributed by atoms with van der Waals surface area (Å²) < 4.78 is 41.2. The van der Waals surface area contributed by atoms with E-state index in [9.17, 15) is 18.3 Å². The van der Waals surface area contributed by atoms with Crippen LogP contribution in [-0.2, 0) is 12.7 Å². The fourth-order valence-corrected chi connectivity index (χ4v) is 3.29. The van der Waals surface area contributed by atoms with E-state index in [1.165, 1.54) is 24.1 Å². The first kappa shape index (κ1) is 21.4. The summed E-state index contributed by atoms with van der Waals surface area (Å²) in [5.74, 6) is 0. The minimum atomic E-state index is -4.35. The highest BCUT2D eigenvalue weighted by Gasteiger charge is 2.29. The minimum Gasteiger partial charge on any atom is -0.394 e. The fourth-order valence-electron chi connectivity index (χ4n) is 2.63. The second-order valence-electron chi connectivity index (χ2n) is 6.37. The maximum absolute atomic E-state index is 12.7. The van der Waals surface area contributed by atoms with Gasteiger partial charge in [0, 0.05) is 23.4 Å². The SMILES string of the molecule is OCC(O)CNCc1ccc2cccc(NSc3ccc(C(F)(F)F)cc3)c2n1. The molecule has 0 amide bonds. The van der Waals surface area contributed by atoms with Crippen molar-refractivity contribution >= 4 is 28.5 Å². The number of aromatic nitrogens is 1. The van der Waals surface area contributed by atoms with Crippen LogP contribution in [-0.4, -0.2) is 34.5 Å². The number of rotatable bonds is 8. The van der Waals surface area contributed by atoms with Crippen LogP contribution in [0.15, 0.2) is 59.5 Å². The lowest BCUT2D eigenvalue weighted by atomic mass is 10.2. The molecule has 1 unspecified atom stereocenters. The molecule has 154 valence electrons. The molecular formula is C20H20F3N3O2S. The monoisotopic (exact) mass is 423 g/mol. The summed E-state index contributed by atoms with van der Waals surface area (Å²) in [6.07, 6.45) is -5.18. The third kappa shape index (κ3) is 5.83. The number of aliphatic hydroxyl groups excluding tert-OH is 2. The molecule has 9 heteroatoms. The Hall–Kier alpha value is -2.33. The standard InChI is InChI=1S/C20H20F3N3O2S/c21-20(22,23)14-5-8-17(9-6-14)29-26-18-3-1-2-13-4-7-15(25-19(13)18)10-24-11-16(28)12-27/h1-9,16,24,26-28H,10-12H2. The number of aliphatic hydroxyl groups is 2. The molecule has 1 aromatic heterocycles. The number of hydrogen-bond donors (Lipinski definition) is 4. The van der Waals surface area contributed by atoms with Gasteiger partial charge in [0.05, 0.1) is 35.2 Å². The summed E-state index contributed by atoms with van der Waals surface area (Å²) in [7, 11) is 0. The number of alkyl halides is 3. The summed E-state index contributed by atoms with van der Waals surface area (Å²) >= 11 is 1.20. The minimum absolute atomic E-state index is 0.250. The number of nitrogens with one attached hydrogen (secondary N) is 2. The zero-order valence-corrected chi connectivity index (χ0v) is 16.1. The van der Waals surface area contributed by atoms with Crippen LogP contribution < -0.4 is 10.0 Å². The van der Waals surface area contributed by atoms with Gasteiger partial charge in [-0.1, -0.05) is 18.2 Å². The maximum atomic E-state index is 12.7. The highest BCUT2D eigenvalue weighted by atomic mass is 32.2. The first-order valence-corrected chi connectivity index (χ1v) is 9.67. The van der Waals surface area contributed by atoms with Crippen molar-refractivity contribution < 1.29 is 23.4 Å². The lowest BCUT2D eigenvalue weighted by Gasteiger charge is -2.12. The highest BCUT2D eigenvalue weighted by Crippen LogP contribution is 2.32. The van der Waals surface area contributed by atoms with Crippen LogP contribution in [0.5, 0.6) is 0 Å². The van der Waals surface area contributed by atoms with Crippen molar-refractivity contribution in [2.75, 3.05) is 17.9 Å². The third-order valence-corrected chi connectivity index (χ3v) is 4.97. The van der Waals surface area contributed by atoms with Crippen molar-refractivity contribution in [1.82, 2.24) is 10.3 Å². The normalized spacial score (nSPS) is 12.9. The molecule has 1 heterocycles. The molecule has 29 heavy (non-hydrogen) atoms. The predicted octanol–water partition coefficient (Wildman–Crippen LogP) is 3.82. The molecular weight excluding hydrogens is 403 g/mol. The topological polar surface area (TPSA) is 77.4 Å². The molecule has 3 rings (SSSR count). The van der Waals surface area contributed by atoms with Crippen LogP contribution in [0.4, 0.5) is 18.9 Å². The summed E-state index contributed by atoms with van der Waals surface area (Å²) in [4.78, 5) is 5.27. The number of hydrogen-bond acceptors (Lipinski definition) is 6. The van der Waals surface area contributed by atoms with E-state index in [1.807, 2.05) is 30.3 Å². The summed E-state index contributed by atoms with van der Waals surface area (Å²) in [6, 6.07) is 14.4. The number of fused-ring (bicyclic) bond motifs is 1. The van der Waals surface area contributed by atoms with Gasteiger partial charge in [0.2, 0.25) is 0 Å². The number of para-hydroxylation sites is 1. The van der Waals surface area contributed by atoms with Crippen molar-refractivity contribution in [3.8, 4) is 0 Å². The van der Waals surface area contributed by atoms with Gasteiger partial charge in [0.15, 0.2) is 0 Å². The van der Waals surface area contributed by atoms with E-state index in [0.29, 0.717) is 11.4 Å². The van der Waals surface area contributed by atoms with Gasteiger partial charge < -0.3 is 20.3 Å². The molecule has 3 aromatic rings. The molecule has 0 saturated heterocycles. The van der Waals surface area contributed by atoms with Gasteiger partial charge >= 0.3 is 6.18 Å². The molecule has 0 aliphatic carbocycles. The predicted molar refractivity (Wildman–Crippen MR) is 107 cm³/mol. The average molecular weight is 423 g/mol. The molecule has 0 aliphatic heterocycles. The van der Waals surface area contributed by atoms with E-state index in [2.05, 4.69) is 15.0 Å². The summed E-state index contributed by atoms with van der Waals surface area (Å²) in [6.45, 7) is 0.362. The Morgan fingerprint density at radius 2 is 1.79 bits per heavy atom. The van der Waals surface area contributed by atoms with Gasteiger partial charge in [0.1, 0.15) is 0 Å². The summed E-state index contributed by atoms with van der Waals surface area (Å²) in [5, 5.41) is 22.2. The molecule has 0 bridgehead atoms. The van der Waals surface area contributed by atoms with Crippen LogP contribution in [0, 0.1) is 0 Å². The highest BCUT2D eigenvalue weighted by molar-refractivity contribution is 8.00. The second kappa shape index (κ2) is 9.45. The number of benzene rings is 2. The van der Waals surface area contributed by atoms with Crippen LogP contribution >= 0.6 is 11.9 Å². The Morgan fingerprint density at radius 3 is 2.48 bits per heavy atom. The Balaban J connectivity index is 1.70. The van der Waals surface area contributed by atoms with Crippen molar-refractivity contribution in [1.29, 1.82) is 0 Å². The van der Waals surface area contributed by atoms with Crippen molar-refractivity contribution in [3.05, 3.63) is 65.9 Å². The number of nitrogens with zero attached hydrogens (tertiary/aromatic N) is 1. The molecule has 0 saturated carbocycles. The van der Waals surface area contributed by atoms with Gasteiger partial charge in [-0.25, -0.2) is 4.98 Å². The van der Waals surface area contributed by atoms with Crippen molar-refractivity contribution in [3.63, 3.8) is 0 Å². The second-order valence-corrected chi connectivity index (χ2v) is 7.25. The van der Waals surface area contributed by atoms with E-state index in [-0.39, 0.29) is 13.2 Å². The molecule has 4 N–H and O–H groups in total. The number of halogens is 3. The van der Waals surface area contributed by atoms with E-state index in [4.69, 9.17) is 5.11 Å². The first-order chi connectivity index (χ1) is 13.9. The number of anilines is 1. The van der Waals surface area contributed by atoms with Crippen molar-refractivity contribution in [2.24, 2.45) is 0 Å². The lowest BCUT2D eigenvalue weighted by Crippen LogP contribution is -2.29. The Labute approximate surface area is 170 Å². The maximum Gasteiger partial charge on any atom is 0.416 e. The Kier molecular flexibility index (Phi) is 6.96. The van der Waals surface area contributed by atoms with Gasteiger partial charge in [-0.05, 0) is 48.3 Å². The lowest BCUT2D eigenvalue weighted by molar-refractivity contribution is -0.137. The molecule has 5 nitrogen and oxygen atoms in total. The average Bonchev–Trinajstić information content (AvgIpc) is 2.71. The first-order valence-electron chi connectivity index (χ1n) is 8.85. The van der Waals surface area contributed by atoms with Crippen LogP contribution in [0.25, 0.3) is 10.9 Å². The molecule has 0 aliphatic rings. The van der Waals surface area contributed by atoms with Gasteiger partial charge in [-0.15, -0.1) is 0 Å². The largest absolute Gasteiger partial charge is 0.416 e. The fraction of sp³-hybridized carbons (Fsp3) is 0.250. The molecule has 0 spiro atoms. The van der Waals surface area contributed by atoms with Gasteiger partial charge in [0.25, 0.3) is 0 Å². The van der Waals surface area contributed by atoms with Crippen LogP contribution in [0.1, 0.15) is 11.3 Å². The molecule has 0 fully saturated rings. The quantitative estimate of drug-likeness (QED) is 0.413.